The van der Waals surface area contributed by atoms with Crippen LogP contribution in [0.4, 0.5) is 4.79 Å². The third-order valence-corrected chi connectivity index (χ3v) is 3.06. The zero-order valence-corrected chi connectivity index (χ0v) is 11.0. The molecular formula is C12H17ClN2O2. The van der Waals surface area contributed by atoms with Crippen molar-refractivity contribution in [3.05, 3.63) is 28.3 Å². The van der Waals surface area contributed by atoms with Crippen LogP contribution < -0.4 is 10.5 Å². The summed E-state index contributed by atoms with van der Waals surface area (Å²) in [5, 5.41) is 0.697. The SMILES string of the molecule is COc1cc(C)c(Cl)cc1CCN(C)C(N)=O. The number of halogens is 1. The van der Waals surface area contributed by atoms with Crippen LogP contribution in [0.3, 0.4) is 0 Å². The van der Waals surface area contributed by atoms with E-state index in [2.05, 4.69) is 0 Å². The van der Waals surface area contributed by atoms with Gasteiger partial charge < -0.3 is 15.4 Å². The van der Waals surface area contributed by atoms with Gasteiger partial charge in [-0.3, -0.25) is 0 Å². The monoisotopic (exact) mass is 256 g/mol. The van der Waals surface area contributed by atoms with Gasteiger partial charge in [0.1, 0.15) is 5.75 Å². The summed E-state index contributed by atoms with van der Waals surface area (Å²) in [4.78, 5) is 12.3. The van der Waals surface area contributed by atoms with E-state index >= 15 is 0 Å². The van der Waals surface area contributed by atoms with Crippen molar-refractivity contribution >= 4 is 17.6 Å². The van der Waals surface area contributed by atoms with Crippen LogP contribution in [0.15, 0.2) is 12.1 Å². The van der Waals surface area contributed by atoms with Gasteiger partial charge in [0.05, 0.1) is 7.11 Å². The van der Waals surface area contributed by atoms with Gasteiger partial charge in [0.15, 0.2) is 0 Å². The Morgan fingerprint density at radius 3 is 2.71 bits per heavy atom. The molecule has 0 atom stereocenters. The molecule has 0 aromatic heterocycles. The van der Waals surface area contributed by atoms with Crippen LogP contribution >= 0.6 is 11.6 Å². The Labute approximate surface area is 106 Å². The van der Waals surface area contributed by atoms with Crippen LogP contribution in [-0.4, -0.2) is 31.6 Å². The van der Waals surface area contributed by atoms with E-state index in [4.69, 9.17) is 22.1 Å². The Balaban J connectivity index is 2.83. The summed E-state index contributed by atoms with van der Waals surface area (Å²) < 4.78 is 5.28. The van der Waals surface area contributed by atoms with E-state index in [9.17, 15) is 4.79 Å². The second-order valence-electron chi connectivity index (χ2n) is 3.92. The Hall–Kier alpha value is -1.42. The van der Waals surface area contributed by atoms with Gasteiger partial charge >= 0.3 is 6.03 Å². The molecule has 5 heteroatoms. The molecule has 0 spiro atoms. The number of nitrogens with zero attached hydrogens (tertiary/aromatic N) is 1. The van der Waals surface area contributed by atoms with Gasteiger partial charge in [-0.2, -0.15) is 0 Å². The van der Waals surface area contributed by atoms with Crippen molar-refractivity contribution in [1.82, 2.24) is 4.90 Å². The summed E-state index contributed by atoms with van der Waals surface area (Å²) in [6.07, 6.45) is 0.655. The van der Waals surface area contributed by atoms with Crippen LogP contribution in [0.5, 0.6) is 5.75 Å². The van der Waals surface area contributed by atoms with Crippen LogP contribution in [0.1, 0.15) is 11.1 Å². The number of nitrogens with two attached hydrogens (primary N) is 1. The number of amides is 2. The maximum absolute atomic E-state index is 10.9. The Bertz CT molecular complexity index is 421. The van der Waals surface area contributed by atoms with E-state index in [1.807, 2.05) is 19.1 Å². The minimum absolute atomic E-state index is 0.442. The highest BCUT2D eigenvalue weighted by Crippen LogP contribution is 2.26. The second-order valence-corrected chi connectivity index (χ2v) is 4.33. The number of benzene rings is 1. The topological polar surface area (TPSA) is 55.6 Å². The maximum Gasteiger partial charge on any atom is 0.314 e. The number of ether oxygens (including phenoxy) is 1. The van der Waals surface area contributed by atoms with E-state index in [1.165, 1.54) is 4.90 Å². The fourth-order valence-electron chi connectivity index (χ4n) is 1.48. The third kappa shape index (κ3) is 3.53. The van der Waals surface area contributed by atoms with Crippen molar-refractivity contribution < 1.29 is 9.53 Å². The average Bonchev–Trinajstić information content (AvgIpc) is 2.29. The first kappa shape index (κ1) is 13.6. The van der Waals surface area contributed by atoms with Gasteiger partial charge in [-0.25, -0.2) is 4.79 Å². The van der Waals surface area contributed by atoms with Gasteiger partial charge in [-0.1, -0.05) is 11.6 Å². The summed E-state index contributed by atoms with van der Waals surface area (Å²) >= 11 is 6.06. The van der Waals surface area contributed by atoms with Crippen molar-refractivity contribution in [1.29, 1.82) is 0 Å². The number of carbonyl (C=O) groups is 1. The van der Waals surface area contributed by atoms with Gasteiger partial charge in [-0.05, 0) is 36.6 Å². The molecule has 0 fully saturated rings. The molecule has 17 heavy (non-hydrogen) atoms. The molecule has 1 aromatic carbocycles. The molecule has 1 aromatic rings. The number of likely N-dealkylation sites (N-methyl/N-ethyl adjacent to an activating group) is 1. The zero-order valence-electron chi connectivity index (χ0n) is 10.3. The van der Waals surface area contributed by atoms with Crippen molar-refractivity contribution in [3.63, 3.8) is 0 Å². The van der Waals surface area contributed by atoms with Gasteiger partial charge in [0, 0.05) is 18.6 Å². The minimum Gasteiger partial charge on any atom is -0.496 e. The van der Waals surface area contributed by atoms with Crippen molar-refractivity contribution in [3.8, 4) is 5.75 Å². The fraction of sp³-hybridized carbons (Fsp3) is 0.417. The smallest absolute Gasteiger partial charge is 0.314 e. The summed E-state index contributed by atoms with van der Waals surface area (Å²) in [5.74, 6) is 0.782. The predicted octanol–water partition coefficient (Wildman–Crippen LogP) is 2.21. The number of aryl methyl sites for hydroxylation is 1. The van der Waals surface area contributed by atoms with Gasteiger partial charge in [-0.15, -0.1) is 0 Å². The van der Waals surface area contributed by atoms with E-state index < -0.39 is 6.03 Å². The highest BCUT2D eigenvalue weighted by molar-refractivity contribution is 6.31. The Morgan fingerprint density at radius 1 is 1.53 bits per heavy atom. The lowest BCUT2D eigenvalue weighted by Crippen LogP contribution is -2.33. The molecule has 0 aliphatic heterocycles. The van der Waals surface area contributed by atoms with E-state index in [-0.39, 0.29) is 0 Å². The van der Waals surface area contributed by atoms with Gasteiger partial charge in [0.25, 0.3) is 0 Å². The maximum atomic E-state index is 10.9. The summed E-state index contributed by atoms with van der Waals surface area (Å²) in [5.41, 5.74) is 7.09. The normalized spacial score (nSPS) is 10.1. The molecule has 0 radical (unpaired) electrons. The van der Waals surface area contributed by atoms with Crippen LogP contribution in [0.25, 0.3) is 0 Å². The number of carbonyl (C=O) groups excluding carboxylic acids is 1. The number of urea groups is 1. The van der Waals surface area contributed by atoms with Crippen molar-refractivity contribution in [2.75, 3.05) is 20.7 Å². The number of primary amides is 1. The predicted molar refractivity (Wildman–Crippen MR) is 68.7 cm³/mol. The fourth-order valence-corrected chi connectivity index (χ4v) is 1.67. The standard InChI is InChI=1S/C12H17ClN2O2/c1-8-6-11(17-3)9(7-10(8)13)4-5-15(2)12(14)16/h6-7H,4-5H2,1-3H3,(H2,14,16). The third-order valence-electron chi connectivity index (χ3n) is 2.65. The van der Waals surface area contributed by atoms with E-state index in [1.54, 1.807) is 14.2 Å². The van der Waals surface area contributed by atoms with Crippen LogP contribution in [0, 0.1) is 6.92 Å². The van der Waals surface area contributed by atoms with Crippen molar-refractivity contribution in [2.45, 2.75) is 13.3 Å². The first-order valence-corrected chi connectivity index (χ1v) is 5.67. The lowest BCUT2D eigenvalue weighted by atomic mass is 10.1. The Kier molecular flexibility index (Phi) is 4.63. The second kappa shape index (κ2) is 5.77. The number of hydrogen-bond donors (Lipinski definition) is 1. The van der Waals surface area contributed by atoms with E-state index in [0.717, 1.165) is 16.9 Å². The summed E-state index contributed by atoms with van der Waals surface area (Å²) in [6, 6.07) is 3.31. The first-order chi connectivity index (χ1) is 7.95. The lowest BCUT2D eigenvalue weighted by molar-refractivity contribution is 0.219. The molecule has 2 N–H and O–H groups in total. The Morgan fingerprint density at radius 2 is 2.18 bits per heavy atom. The van der Waals surface area contributed by atoms with Gasteiger partial charge in [0.2, 0.25) is 0 Å². The summed E-state index contributed by atoms with van der Waals surface area (Å²) in [6.45, 7) is 2.45. The molecule has 94 valence electrons. The van der Waals surface area contributed by atoms with Crippen LogP contribution in [-0.2, 0) is 6.42 Å². The quantitative estimate of drug-likeness (QED) is 0.898. The molecular weight excluding hydrogens is 240 g/mol. The van der Waals surface area contributed by atoms with Crippen LogP contribution in [0.2, 0.25) is 5.02 Å². The minimum atomic E-state index is -0.442. The number of rotatable bonds is 4. The lowest BCUT2D eigenvalue weighted by Gasteiger charge is -2.16. The highest BCUT2D eigenvalue weighted by Gasteiger charge is 2.09. The number of hydrogen-bond acceptors (Lipinski definition) is 2. The molecule has 0 aliphatic carbocycles. The molecule has 0 aliphatic rings. The molecule has 0 heterocycles. The zero-order chi connectivity index (χ0) is 13.0. The van der Waals surface area contributed by atoms with Crippen molar-refractivity contribution in [2.24, 2.45) is 5.73 Å². The highest BCUT2D eigenvalue weighted by atomic mass is 35.5. The summed E-state index contributed by atoms with van der Waals surface area (Å²) in [7, 11) is 3.27. The van der Waals surface area contributed by atoms with E-state index in [0.29, 0.717) is 18.0 Å². The molecule has 4 nitrogen and oxygen atoms in total. The molecule has 0 saturated carbocycles. The molecule has 0 unspecified atom stereocenters. The molecule has 0 bridgehead atoms. The molecule has 2 amide bonds. The number of methoxy groups -OCH3 is 1. The first-order valence-electron chi connectivity index (χ1n) is 5.29. The average molecular weight is 257 g/mol. The largest absolute Gasteiger partial charge is 0.496 e. The molecule has 1 rings (SSSR count). The molecule has 0 saturated heterocycles.